The number of carbonyl (C=O) groups excluding carboxylic acids is 1. The molecule has 0 radical (unpaired) electrons. The molecule has 1 aliphatic heterocycles. The smallest absolute Gasteiger partial charge is 0.231 e. The number of thiazole rings is 1. The number of benzene rings is 2. The molecule has 1 aromatic heterocycles. The summed E-state index contributed by atoms with van der Waals surface area (Å²) in [6, 6.07) is 11.8. The second kappa shape index (κ2) is 8.26. The molecule has 0 bridgehead atoms. The zero-order valence-electron chi connectivity index (χ0n) is 14.8. The van der Waals surface area contributed by atoms with Crippen molar-refractivity contribution in [3.05, 3.63) is 53.7 Å². The summed E-state index contributed by atoms with van der Waals surface area (Å²) in [6.07, 6.45) is 0.730. The minimum absolute atomic E-state index is 0.163. The fourth-order valence-corrected chi connectivity index (χ4v) is 3.41. The zero-order chi connectivity index (χ0) is 19.3. The predicted octanol–water partition coefficient (Wildman–Crippen LogP) is 4.48. The SMILES string of the molecule is O=C(CCCOc1ccccc1F)Nc1nc(-c2ccc3c(c2)OCO3)cs1. The van der Waals surface area contributed by atoms with Crippen molar-refractivity contribution in [3.63, 3.8) is 0 Å². The van der Waals surface area contributed by atoms with E-state index in [2.05, 4.69) is 10.3 Å². The molecule has 2 aromatic carbocycles. The molecule has 0 unspecified atom stereocenters. The Morgan fingerprint density at radius 2 is 2.07 bits per heavy atom. The standard InChI is InChI=1S/C20H17FN2O4S/c21-14-4-1-2-5-16(14)25-9-3-6-19(24)23-20-22-15(11-28-20)13-7-8-17-18(10-13)27-12-26-17/h1-2,4-5,7-8,10-11H,3,6,9,12H2,(H,22,23,24). The third kappa shape index (κ3) is 4.23. The number of carbonyl (C=O) groups is 1. The normalized spacial score (nSPS) is 12.0. The van der Waals surface area contributed by atoms with Gasteiger partial charge in [0, 0.05) is 17.4 Å². The Morgan fingerprint density at radius 3 is 2.96 bits per heavy atom. The van der Waals surface area contributed by atoms with Crippen LogP contribution in [0.2, 0.25) is 0 Å². The van der Waals surface area contributed by atoms with E-state index >= 15 is 0 Å². The minimum atomic E-state index is -0.411. The summed E-state index contributed by atoms with van der Waals surface area (Å²) in [6.45, 7) is 0.479. The molecule has 6 nitrogen and oxygen atoms in total. The Hall–Kier alpha value is -3.13. The molecule has 0 saturated carbocycles. The molecule has 3 aromatic rings. The molecule has 1 N–H and O–H groups in total. The molecule has 0 aliphatic carbocycles. The molecular formula is C20H17FN2O4S. The molecule has 8 heteroatoms. The van der Waals surface area contributed by atoms with Gasteiger partial charge in [-0.1, -0.05) is 12.1 Å². The van der Waals surface area contributed by atoms with E-state index < -0.39 is 5.82 Å². The number of hydrogen-bond donors (Lipinski definition) is 1. The van der Waals surface area contributed by atoms with Gasteiger partial charge < -0.3 is 19.5 Å². The highest BCUT2D eigenvalue weighted by Gasteiger charge is 2.15. The van der Waals surface area contributed by atoms with E-state index in [1.165, 1.54) is 17.4 Å². The number of halogens is 1. The lowest BCUT2D eigenvalue weighted by Crippen LogP contribution is -2.12. The van der Waals surface area contributed by atoms with Gasteiger partial charge >= 0.3 is 0 Å². The molecule has 2 heterocycles. The van der Waals surface area contributed by atoms with Crippen molar-refractivity contribution < 1.29 is 23.4 Å². The summed E-state index contributed by atoms with van der Waals surface area (Å²) >= 11 is 1.35. The van der Waals surface area contributed by atoms with Gasteiger partial charge in [-0.25, -0.2) is 9.37 Å². The van der Waals surface area contributed by atoms with E-state index in [1.54, 1.807) is 18.2 Å². The molecule has 0 spiro atoms. The number of para-hydroxylation sites is 1. The van der Waals surface area contributed by atoms with Gasteiger partial charge in [-0.2, -0.15) is 0 Å². The fraction of sp³-hybridized carbons (Fsp3) is 0.200. The van der Waals surface area contributed by atoms with Gasteiger partial charge in [0.25, 0.3) is 0 Å². The highest BCUT2D eigenvalue weighted by atomic mass is 32.1. The number of anilines is 1. The molecule has 144 valence electrons. The maximum atomic E-state index is 13.5. The predicted molar refractivity (Wildman–Crippen MR) is 103 cm³/mol. The summed E-state index contributed by atoms with van der Waals surface area (Å²) in [5.41, 5.74) is 1.64. The van der Waals surface area contributed by atoms with E-state index in [0.717, 1.165) is 11.3 Å². The number of nitrogens with one attached hydrogen (secondary N) is 1. The topological polar surface area (TPSA) is 69.7 Å². The number of fused-ring (bicyclic) bond motifs is 1. The van der Waals surface area contributed by atoms with Crippen LogP contribution in [-0.4, -0.2) is 24.3 Å². The molecule has 1 amide bonds. The second-order valence-electron chi connectivity index (χ2n) is 6.04. The molecule has 4 rings (SSSR count). The first-order valence-electron chi connectivity index (χ1n) is 8.72. The van der Waals surface area contributed by atoms with Crippen LogP contribution in [0.1, 0.15) is 12.8 Å². The number of aromatic nitrogens is 1. The Balaban J connectivity index is 1.27. The van der Waals surface area contributed by atoms with Crippen LogP contribution in [0.15, 0.2) is 47.8 Å². The van der Waals surface area contributed by atoms with Gasteiger partial charge in [0.15, 0.2) is 28.2 Å². The van der Waals surface area contributed by atoms with Crippen LogP contribution in [0, 0.1) is 5.82 Å². The maximum Gasteiger partial charge on any atom is 0.231 e. The van der Waals surface area contributed by atoms with E-state index in [-0.39, 0.29) is 31.5 Å². The van der Waals surface area contributed by atoms with Gasteiger partial charge in [-0.15, -0.1) is 11.3 Å². The summed E-state index contributed by atoms with van der Waals surface area (Å²) in [4.78, 5) is 16.5. The number of hydrogen-bond acceptors (Lipinski definition) is 6. The largest absolute Gasteiger partial charge is 0.491 e. The van der Waals surface area contributed by atoms with Gasteiger partial charge in [0.2, 0.25) is 12.7 Å². The first kappa shape index (κ1) is 18.2. The molecule has 0 atom stereocenters. The second-order valence-corrected chi connectivity index (χ2v) is 6.89. The Bertz CT molecular complexity index is 992. The lowest BCUT2D eigenvalue weighted by atomic mass is 10.1. The van der Waals surface area contributed by atoms with Crippen molar-refractivity contribution in [2.75, 3.05) is 18.7 Å². The Labute approximate surface area is 164 Å². The third-order valence-electron chi connectivity index (χ3n) is 4.06. The van der Waals surface area contributed by atoms with Crippen LogP contribution < -0.4 is 19.5 Å². The molecular weight excluding hydrogens is 383 g/mol. The van der Waals surface area contributed by atoms with Crippen molar-refractivity contribution in [3.8, 4) is 28.5 Å². The molecule has 0 saturated heterocycles. The van der Waals surface area contributed by atoms with Crippen LogP contribution in [0.4, 0.5) is 9.52 Å². The van der Waals surface area contributed by atoms with Crippen LogP contribution in [0.3, 0.4) is 0 Å². The zero-order valence-corrected chi connectivity index (χ0v) is 15.6. The minimum Gasteiger partial charge on any atom is -0.491 e. The van der Waals surface area contributed by atoms with Crippen molar-refractivity contribution in [2.24, 2.45) is 0 Å². The highest BCUT2D eigenvalue weighted by molar-refractivity contribution is 7.14. The van der Waals surface area contributed by atoms with E-state index in [9.17, 15) is 9.18 Å². The maximum absolute atomic E-state index is 13.5. The fourth-order valence-electron chi connectivity index (χ4n) is 2.68. The average Bonchev–Trinajstić information content (AvgIpc) is 3.35. The lowest BCUT2D eigenvalue weighted by molar-refractivity contribution is -0.116. The van der Waals surface area contributed by atoms with E-state index in [4.69, 9.17) is 14.2 Å². The quantitative estimate of drug-likeness (QED) is 0.593. The number of rotatable bonds is 7. The van der Waals surface area contributed by atoms with E-state index in [0.29, 0.717) is 23.1 Å². The number of amides is 1. The first-order chi connectivity index (χ1) is 13.7. The van der Waals surface area contributed by atoms with E-state index in [1.807, 2.05) is 23.6 Å². The van der Waals surface area contributed by atoms with Crippen molar-refractivity contribution >= 4 is 22.4 Å². The summed E-state index contributed by atoms with van der Waals surface area (Å²) in [7, 11) is 0. The van der Waals surface area contributed by atoms with Gasteiger partial charge in [-0.05, 0) is 36.8 Å². The Morgan fingerprint density at radius 1 is 1.21 bits per heavy atom. The summed E-state index contributed by atoms with van der Waals surface area (Å²) in [5, 5.41) is 5.17. The Kier molecular flexibility index (Phi) is 5.38. The van der Waals surface area contributed by atoms with Crippen molar-refractivity contribution in [2.45, 2.75) is 12.8 Å². The summed E-state index contributed by atoms with van der Waals surface area (Å²) < 4.78 is 29.5. The van der Waals surface area contributed by atoms with Gasteiger partial charge in [-0.3, -0.25) is 4.79 Å². The monoisotopic (exact) mass is 400 g/mol. The van der Waals surface area contributed by atoms with Crippen molar-refractivity contribution in [1.29, 1.82) is 0 Å². The van der Waals surface area contributed by atoms with Gasteiger partial charge in [0.1, 0.15) is 0 Å². The van der Waals surface area contributed by atoms with Crippen LogP contribution >= 0.6 is 11.3 Å². The number of nitrogens with zero attached hydrogens (tertiary/aromatic N) is 1. The van der Waals surface area contributed by atoms with Gasteiger partial charge in [0.05, 0.1) is 12.3 Å². The highest BCUT2D eigenvalue weighted by Crippen LogP contribution is 2.36. The van der Waals surface area contributed by atoms with Crippen LogP contribution in [0.5, 0.6) is 17.2 Å². The van der Waals surface area contributed by atoms with Crippen molar-refractivity contribution in [1.82, 2.24) is 4.98 Å². The molecule has 0 fully saturated rings. The summed E-state index contributed by atoms with van der Waals surface area (Å²) in [5.74, 6) is 1.02. The average molecular weight is 400 g/mol. The van der Waals surface area contributed by atoms with Crippen LogP contribution in [0.25, 0.3) is 11.3 Å². The molecule has 28 heavy (non-hydrogen) atoms. The molecule has 1 aliphatic rings. The third-order valence-corrected chi connectivity index (χ3v) is 4.82. The first-order valence-corrected chi connectivity index (χ1v) is 9.60. The van der Waals surface area contributed by atoms with Crippen LogP contribution in [-0.2, 0) is 4.79 Å². The number of ether oxygens (including phenoxy) is 3. The lowest BCUT2D eigenvalue weighted by Gasteiger charge is -2.06.